The van der Waals surface area contributed by atoms with Crippen LogP contribution in [0.4, 0.5) is 0 Å². The quantitative estimate of drug-likeness (QED) is 0.505. The van der Waals surface area contributed by atoms with Gasteiger partial charge in [-0.05, 0) is 36.8 Å². The lowest BCUT2D eigenvalue weighted by Crippen LogP contribution is -2.25. The molecule has 0 radical (unpaired) electrons. The van der Waals surface area contributed by atoms with Crippen LogP contribution in [0.5, 0.6) is 5.75 Å². The minimum absolute atomic E-state index is 0.00931. The summed E-state index contributed by atoms with van der Waals surface area (Å²) >= 11 is 0.990. The van der Waals surface area contributed by atoms with Crippen LogP contribution in [-0.4, -0.2) is 22.6 Å². The number of hydrogen-bond acceptors (Lipinski definition) is 4. The Morgan fingerprint density at radius 3 is 2.14 bits per heavy atom. The molecule has 0 aromatic carbocycles. The summed E-state index contributed by atoms with van der Waals surface area (Å²) in [5.41, 5.74) is 7.20. The molecule has 0 aliphatic heterocycles. The molecule has 0 atom stereocenters. The zero-order chi connectivity index (χ0) is 17.3. The Morgan fingerprint density at radius 1 is 1.23 bits per heavy atom. The van der Waals surface area contributed by atoms with Gasteiger partial charge in [-0.2, -0.15) is 0 Å². The van der Waals surface area contributed by atoms with Gasteiger partial charge in [0.15, 0.2) is 5.75 Å². The van der Waals surface area contributed by atoms with E-state index in [1.807, 2.05) is 20.8 Å². The molecule has 0 unspecified atom stereocenters. The Hall–Kier alpha value is -2.05. The van der Waals surface area contributed by atoms with E-state index in [9.17, 15) is 14.7 Å². The molecular formula is C14H19N3O4S. The molecule has 1 aromatic heterocycles. The van der Waals surface area contributed by atoms with Crippen LogP contribution in [0.1, 0.15) is 66.4 Å². The number of carbonyl (C=O) groups is 2. The number of rotatable bonds is 3. The largest absolute Gasteiger partial charge is 0.486 e. The second-order valence-corrected chi connectivity index (χ2v) is 7.75. The smallest absolute Gasteiger partial charge is 0.340 e. The minimum Gasteiger partial charge on any atom is -0.486 e. The predicted molar refractivity (Wildman–Crippen MR) is 83.8 cm³/mol. The summed E-state index contributed by atoms with van der Waals surface area (Å²) < 4.78 is 5.69. The maximum absolute atomic E-state index is 12.0. The van der Waals surface area contributed by atoms with Crippen LogP contribution in [0.15, 0.2) is 5.11 Å². The summed E-state index contributed by atoms with van der Waals surface area (Å²) in [5.74, 6) is -2.06. The van der Waals surface area contributed by atoms with Crippen molar-refractivity contribution >= 4 is 23.2 Å². The molecule has 1 N–H and O–H groups in total. The Labute approximate surface area is 132 Å². The van der Waals surface area contributed by atoms with Crippen LogP contribution >= 0.6 is 11.3 Å². The molecule has 7 nitrogen and oxygen atoms in total. The van der Waals surface area contributed by atoms with E-state index in [0.717, 1.165) is 11.3 Å². The summed E-state index contributed by atoms with van der Waals surface area (Å²) in [4.78, 5) is 26.6. The van der Waals surface area contributed by atoms with Crippen molar-refractivity contribution in [3.05, 3.63) is 25.8 Å². The molecule has 0 bridgehead atoms. The third-order valence-corrected chi connectivity index (χ3v) is 4.08. The summed E-state index contributed by atoms with van der Waals surface area (Å²) in [5, 5.41) is 12.6. The van der Waals surface area contributed by atoms with Gasteiger partial charge in [0.25, 0.3) is 5.91 Å². The molecule has 120 valence electrons. The molecule has 0 spiro atoms. The van der Waals surface area contributed by atoms with Crippen molar-refractivity contribution in [1.29, 1.82) is 0 Å². The van der Waals surface area contributed by atoms with Crippen LogP contribution in [0.25, 0.3) is 10.4 Å². The fourth-order valence-corrected chi connectivity index (χ4v) is 2.93. The molecule has 8 heteroatoms. The zero-order valence-corrected chi connectivity index (χ0v) is 14.2. The molecule has 0 fully saturated rings. The average molecular weight is 325 g/mol. The first-order valence-corrected chi connectivity index (χ1v) is 7.39. The van der Waals surface area contributed by atoms with Crippen molar-refractivity contribution in [2.75, 3.05) is 0 Å². The van der Waals surface area contributed by atoms with E-state index in [0.29, 0.717) is 4.88 Å². The van der Waals surface area contributed by atoms with Gasteiger partial charge in [0, 0.05) is 9.79 Å². The number of azide groups is 1. The Bertz CT molecular complexity index is 659. The van der Waals surface area contributed by atoms with Gasteiger partial charge >= 0.3 is 5.97 Å². The van der Waals surface area contributed by atoms with E-state index in [4.69, 9.17) is 10.3 Å². The molecule has 1 rings (SSSR count). The van der Waals surface area contributed by atoms with E-state index < -0.39 is 22.9 Å². The molecule has 1 amide bonds. The first kappa shape index (κ1) is 18.0. The molecular weight excluding hydrogens is 306 g/mol. The van der Waals surface area contributed by atoms with Crippen molar-refractivity contribution in [3.8, 4) is 5.75 Å². The van der Waals surface area contributed by atoms with Gasteiger partial charge in [-0.15, -0.1) is 11.3 Å². The number of amides is 1. The lowest BCUT2D eigenvalue weighted by Gasteiger charge is -2.23. The number of carbonyl (C=O) groups excluding carboxylic acids is 1. The molecule has 22 heavy (non-hydrogen) atoms. The summed E-state index contributed by atoms with van der Waals surface area (Å²) in [6, 6.07) is 0. The van der Waals surface area contributed by atoms with Crippen LogP contribution in [-0.2, 0) is 5.41 Å². The number of nitrogens with zero attached hydrogens (tertiary/aromatic N) is 3. The van der Waals surface area contributed by atoms with Gasteiger partial charge in [0.1, 0.15) is 16.0 Å². The number of carboxylic acids is 1. The lowest BCUT2D eigenvalue weighted by molar-refractivity contribution is 0.0679. The van der Waals surface area contributed by atoms with E-state index >= 15 is 0 Å². The number of aromatic carboxylic acids is 1. The number of thiophene rings is 1. The van der Waals surface area contributed by atoms with Gasteiger partial charge in [-0.25, -0.2) is 4.79 Å². The maximum Gasteiger partial charge on any atom is 0.340 e. The predicted octanol–water partition coefficient (Wildman–Crippen LogP) is 4.37. The van der Waals surface area contributed by atoms with Crippen molar-refractivity contribution in [1.82, 2.24) is 0 Å². The highest BCUT2D eigenvalue weighted by Gasteiger charge is 2.34. The SMILES string of the molecule is CC(C)(C)Oc1c(C(=O)N=[N+]=[N-])sc(C(C)(C)C)c1C(=O)O. The summed E-state index contributed by atoms with van der Waals surface area (Å²) in [7, 11) is 0. The van der Waals surface area contributed by atoms with Crippen molar-refractivity contribution in [3.63, 3.8) is 0 Å². The van der Waals surface area contributed by atoms with E-state index in [1.54, 1.807) is 20.8 Å². The van der Waals surface area contributed by atoms with Crippen molar-refractivity contribution < 1.29 is 19.4 Å². The second kappa shape index (κ2) is 5.98. The molecule has 1 aromatic rings. The monoisotopic (exact) mass is 325 g/mol. The van der Waals surface area contributed by atoms with Gasteiger partial charge in [-0.3, -0.25) is 4.79 Å². The van der Waals surface area contributed by atoms with Gasteiger partial charge in [-0.1, -0.05) is 20.8 Å². The zero-order valence-electron chi connectivity index (χ0n) is 13.4. The van der Waals surface area contributed by atoms with Crippen LogP contribution < -0.4 is 4.74 Å². The third-order valence-electron chi connectivity index (χ3n) is 2.50. The van der Waals surface area contributed by atoms with E-state index in [-0.39, 0.29) is 16.2 Å². The van der Waals surface area contributed by atoms with E-state index in [2.05, 4.69) is 10.0 Å². The summed E-state index contributed by atoms with van der Waals surface area (Å²) in [6.07, 6.45) is 0. The number of ether oxygens (including phenoxy) is 1. The third kappa shape index (κ3) is 3.99. The Balaban J connectivity index is 3.72. The molecule has 0 aliphatic rings. The first-order chi connectivity index (χ1) is 9.88. The molecule has 1 heterocycles. The van der Waals surface area contributed by atoms with Gasteiger partial charge in [0.05, 0.1) is 0 Å². The lowest BCUT2D eigenvalue weighted by atomic mass is 9.91. The normalized spacial score (nSPS) is 11.7. The Kier molecular flexibility index (Phi) is 4.89. The van der Waals surface area contributed by atoms with Gasteiger partial charge < -0.3 is 9.84 Å². The Morgan fingerprint density at radius 2 is 1.77 bits per heavy atom. The van der Waals surface area contributed by atoms with Crippen LogP contribution in [0.2, 0.25) is 0 Å². The molecule has 0 saturated heterocycles. The summed E-state index contributed by atoms with van der Waals surface area (Å²) in [6.45, 7) is 10.8. The highest BCUT2D eigenvalue weighted by Crippen LogP contribution is 2.43. The van der Waals surface area contributed by atoms with Crippen LogP contribution in [0.3, 0.4) is 0 Å². The fourth-order valence-electron chi connectivity index (χ4n) is 1.77. The molecule has 0 saturated carbocycles. The van der Waals surface area contributed by atoms with Crippen molar-refractivity contribution in [2.45, 2.75) is 52.6 Å². The average Bonchev–Trinajstić information content (AvgIpc) is 2.66. The molecule has 0 aliphatic carbocycles. The first-order valence-electron chi connectivity index (χ1n) is 6.57. The standard InChI is InChI=1S/C14H19N3O4S/c1-13(2,3)10-7(12(19)20)8(21-14(4,5)6)9(22-10)11(18)16-17-15/h1-6H3,(H,19,20). The minimum atomic E-state index is -1.18. The number of hydrogen-bond donors (Lipinski definition) is 1. The fraction of sp³-hybridized carbons (Fsp3) is 0.571. The second-order valence-electron chi connectivity index (χ2n) is 6.73. The van der Waals surface area contributed by atoms with E-state index in [1.165, 1.54) is 0 Å². The van der Waals surface area contributed by atoms with Crippen LogP contribution in [0, 0.1) is 0 Å². The van der Waals surface area contributed by atoms with Gasteiger partial charge in [0.2, 0.25) is 0 Å². The number of carboxylic acid groups (broad SMARTS) is 1. The van der Waals surface area contributed by atoms with Crippen molar-refractivity contribution in [2.24, 2.45) is 5.11 Å². The maximum atomic E-state index is 12.0. The highest BCUT2D eigenvalue weighted by molar-refractivity contribution is 7.15. The highest BCUT2D eigenvalue weighted by atomic mass is 32.1. The topological polar surface area (TPSA) is 112 Å².